The van der Waals surface area contributed by atoms with E-state index in [1.807, 2.05) is 13.8 Å². The Morgan fingerprint density at radius 1 is 1.31 bits per heavy atom. The Morgan fingerprint density at radius 2 is 1.88 bits per heavy atom. The van der Waals surface area contributed by atoms with Crippen molar-refractivity contribution in [2.75, 3.05) is 13.1 Å². The first-order valence-electron chi connectivity index (χ1n) is 6.06. The van der Waals surface area contributed by atoms with Crippen molar-refractivity contribution in [2.24, 2.45) is 5.92 Å². The second-order valence-electron chi connectivity index (χ2n) is 4.96. The predicted octanol–water partition coefficient (Wildman–Crippen LogP) is 1.16. The highest BCUT2D eigenvalue weighted by Gasteiger charge is 2.22. The summed E-state index contributed by atoms with van der Waals surface area (Å²) in [5, 5.41) is 2.74. The summed E-state index contributed by atoms with van der Waals surface area (Å²) in [7, 11) is 0. The smallest absolute Gasteiger partial charge is 0.232 e. The van der Waals surface area contributed by atoms with Crippen LogP contribution in [0.25, 0.3) is 0 Å². The molecule has 16 heavy (non-hydrogen) atoms. The Balaban J connectivity index is 2.32. The summed E-state index contributed by atoms with van der Waals surface area (Å²) in [6.45, 7) is 7.59. The number of likely N-dealkylation sites (tertiary alicyclic amines) is 1. The summed E-state index contributed by atoms with van der Waals surface area (Å²) in [5.41, 5.74) is 0. The van der Waals surface area contributed by atoms with Crippen LogP contribution in [-0.2, 0) is 9.59 Å². The van der Waals surface area contributed by atoms with E-state index in [9.17, 15) is 9.59 Å². The van der Waals surface area contributed by atoms with Crippen LogP contribution in [0.3, 0.4) is 0 Å². The quantitative estimate of drug-likeness (QED) is 0.734. The van der Waals surface area contributed by atoms with Crippen LogP contribution >= 0.6 is 0 Å². The van der Waals surface area contributed by atoms with E-state index in [1.54, 1.807) is 4.90 Å². The largest absolute Gasteiger partial charge is 0.353 e. The number of nitrogens with one attached hydrogen (secondary N) is 1. The van der Waals surface area contributed by atoms with Gasteiger partial charge in [-0.2, -0.15) is 0 Å². The molecule has 1 N–H and O–H groups in total. The highest BCUT2D eigenvalue weighted by atomic mass is 16.2. The number of carbonyl (C=O) groups excluding carboxylic acids is 2. The molecule has 4 nitrogen and oxygen atoms in total. The van der Waals surface area contributed by atoms with Gasteiger partial charge in [0.05, 0.1) is 0 Å². The first-order chi connectivity index (χ1) is 7.49. The minimum absolute atomic E-state index is 0.00738. The molecule has 1 rings (SSSR count). The molecule has 1 aliphatic rings. The number of rotatable bonds is 3. The lowest BCUT2D eigenvalue weighted by atomic mass is 9.99. The normalized spacial score (nSPS) is 17.6. The lowest BCUT2D eigenvalue weighted by Crippen LogP contribution is -2.41. The van der Waals surface area contributed by atoms with Crippen molar-refractivity contribution in [1.82, 2.24) is 10.2 Å². The highest BCUT2D eigenvalue weighted by molar-refractivity contribution is 5.97. The zero-order chi connectivity index (χ0) is 12.1. The molecule has 4 heteroatoms. The minimum Gasteiger partial charge on any atom is -0.353 e. The van der Waals surface area contributed by atoms with Crippen LogP contribution in [0.1, 0.15) is 40.0 Å². The maximum Gasteiger partial charge on any atom is 0.232 e. The van der Waals surface area contributed by atoms with Crippen LogP contribution in [0.5, 0.6) is 0 Å². The summed E-state index contributed by atoms with van der Waals surface area (Å²) in [6, 6.07) is 0.0988. The van der Waals surface area contributed by atoms with Crippen molar-refractivity contribution in [3.63, 3.8) is 0 Å². The summed E-state index contributed by atoms with van der Waals surface area (Å²) < 4.78 is 0. The first kappa shape index (κ1) is 13.0. The number of nitrogens with zero attached hydrogens (tertiary/aromatic N) is 1. The Labute approximate surface area is 97.4 Å². The highest BCUT2D eigenvalue weighted by Crippen LogP contribution is 2.16. The van der Waals surface area contributed by atoms with E-state index >= 15 is 0 Å². The Hall–Kier alpha value is -1.06. The van der Waals surface area contributed by atoms with Crippen molar-refractivity contribution in [3.8, 4) is 0 Å². The maximum absolute atomic E-state index is 11.8. The molecule has 0 unspecified atom stereocenters. The molecule has 0 bridgehead atoms. The Morgan fingerprint density at radius 3 is 2.38 bits per heavy atom. The molecular formula is C12H22N2O2. The SMILES string of the molecule is CC1CCN(C(=O)CC(=O)NC(C)C)CC1. The summed E-state index contributed by atoms with van der Waals surface area (Å²) >= 11 is 0. The van der Waals surface area contributed by atoms with Crippen LogP contribution in [0, 0.1) is 5.92 Å². The van der Waals surface area contributed by atoms with Crippen molar-refractivity contribution in [3.05, 3.63) is 0 Å². The van der Waals surface area contributed by atoms with Gasteiger partial charge < -0.3 is 10.2 Å². The van der Waals surface area contributed by atoms with Gasteiger partial charge in [0, 0.05) is 19.1 Å². The average molecular weight is 226 g/mol. The fraction of sp³-hybridized carbons (Fsp3) is 0.833. The number of hydrogen-bond acceptors (Lipinski definition) is 2. The van der Waals surface area contributed by atoms with Crippen molar-refractivity contribution < 1.29 is 9.59 Å². The molecule has 0 spiro atoms. The van der Waals surface area contributed by atoms with E-state index in [4.69, 9.17) is 0 Å². The second-order valence-corrected chi connectivity index (χ2v) is 4.96. The molecule has 0 radical (unpaired) electrons. The number of carbonyl (C=O) groups is 2. The fourth-order valence-electron chi connectivity index (χ4n) is 1.88. The molecule has 0 aliphatic carbocycles. The number of hydrogen-bond donors (Lipinski definition) is 1. The van der Waals surface area contributed by atoms with Crippen LogP contribution in [0.4, 0.5) is 0 Å². The molecule has 0 aromatic heterocycles. The van der Waals surface area contributed by atoms with E-state index in [2.05, 4.69) is 12.2 Å². The van der Waals surface area contributed by atoms with E-state index in [0.717, 1.165) is 25.9 Å². The molecule has 1 fully saturated rings. The number of piperidine rings is 1. The molecule has 0 aromatic carbocycles. The molecule has 0 atom stereocenters. The lowest BCUT2D eigenvalue weighted by Gasteiger charge is -2.30. The molecule has 92 valence electrons. The van der Waals surface area contributed by atoms with Gasteiger partial charge in [-0.05, 0) is 32.6 Å². The van der Waals surface area contributed by atoms with Gasteiger partial charge in [0.15, 0.2) is 0 Å². The lowest BCUT2D eigenvalue weighted by molar-refractivity contribution is -0.137. The van der Waals surface area contributed by atoms with E-state index in [1.165, 1.54) is 0 Å². The van der Waals surface area contributed by atoms with Gasteiger partial charge in [0.1, 0.15) is 6.42 Å². The molecule has 0 aromatic rings. The molecule has 1 saturated heterocycles. The van der Waals surface area contributed by atoms with Gasteiger partial charge in [-0.3, -0.25) is 9.59 Å². The zero-order valence-electron chi connectivity index (χ0n) is 10.5. The topological polar surface area (TPSA) is 49.4 Å². The third kappa shape index (κ3) is 4.21. The van der Waals surface area contributed by atoms with E-state index in [-0.39, 0.29) is 24.3 Å². The van der Waals surface area contributed by atoms with Gasteiger partial charge >= 0.3 is 0 Å². The van der Waals surface area contributed by atoms with Gasteiger partial charge in [0.2, 0.25) is 11.8 Å². The van der Waals surface area contributed by atoms with Crippen LogP contribution in [-0.4, -0.2) is 35.8 Å². The second kappa shape index (κ2) is 5.87. The van der Waals surface area contributed by atoms with Gasteiger partial charge in [0.25, 0.3) is 0 Å². The third-order valence-electron chi connectivity index (χ3n) is 2.90. The predicted molar refractivity (Wildman–Crippen MR) is 62.9 cm³/mol. The van der Waals surface area contributed by atoms with E-state index in [0.29, 0.717) is 5.92 Å². The Kier molecular flexibility index (Phi) is 4.77. The summed E-state index contributed by atoms with van der Waals surface area (Å²) in [5.74, 6) is 0.497. The molecule has 1 heterocycles. The van der Waals surface area contributed by atoms with Crippen LogP contribution in [0.15, 0.2) is 0 Å². The average Bonchev–Trinajstić information content (AvgIpc) is 2.16. The first-order valence-corrected chi connectivity index (χ1v) is 6.06. The van der Waals surface area contributed by atoms with Crippen LogP contribution < -0.4 is 5.32 Å². The van der Waals surface area contributed by atoms with Gasteiger partial charge in [-0.15, -0.1) is 0 Å². The third-order valence-corrected chi connectivity index (χ3v) is 2.90. The Bertz CT molecular complexity index is 256. The van der Waals surface area contributed by atoms with Gasteiger partial charge in [-0.25, -0.2) is 0 Å². The molecule has 0 saturated carbocycles. The summed E-state index contributed by atoms with van der Waals surface area (Å²) in [6.07, 6.45) is 2.10. The molecular weight excluding hydrogens is 204 g/mol. The van der Waals surface area contributed by atoms with Crippen molar-refractivity contribution >= 4 is 11.8 Å². The maximum atomic E-state index is 11.8. The fourth-order valence-corrected chi connectivity index (χ4v) is 1.88. The van der Waals surface area contributed by atoms with E-state index < -0.39 is 0 Å². The van der Waals surface area contributed by atoms with Crippen molar-refractivity contribution in [2.45, 2.75) is 46.1 Å². The minimum atomic E-state index is -0.168. The molecule has 1 aliphatic heterocycles. The standard InChI is InChI=1S/C12H22N2O2/c1-9(2)13-11(15)8-12(16)14-6-4-10(3)5-7-14/h9-10H,4-8H2,1-3H3,(H,13,15). The number of amides is 2. The monoisotopic (exact) mass is 226 g/mol. The summed E-state index contributed by atoms with van der Waals surface area (Å²) in [4.78, 5) is 25.0. The zero-order valence-corrected chi connectivity index (χ0v) is 10.5. The molecule has 2 amide bonds. The van der Waals surface area contributed by atoms with Crippen LogP contribution in [0.2, 0.25) is 0 Å². The van der Waals surface area contributed by atoms with Gasteiger partial charge in [-0.1, -0.05) is 6.92 Å². The van der Waals surface area contributed by atoms with Crippen molar-refractivity contribution in [1.29, 1.82) is 0 Å².